The normalized spacial score (nSPS) is 12.6. The summed E-state index contributed by atoms with van der Waals surface area (Å²) in [6.07, 6.45) is 0. The molecule has 0 aliphatic carbocycles. The van der Waals surface area contributed by atoms with Gasteiger partial charge in [-0.05, 0) is 0 Å². The van der Waals surface area contributed by atoms with Gasteiger partial charge in [0.05, 0.1) is 0 Å². The van der Waals surface area contributed by atoms with E-state index in [1.165, 1.54) is 3.61 Å². The molecular weight excluding hydrogens is 412 g/mol. The molecule has 1 aromatic carbocycles. The number of rotatable bonds is 3. The second-order valence-electron chi connectivity index (χ2n) is 2.63. The Kier molecular flexibility index (Phi) is 4.57. The molecule has 0 aliphatic rings. The average Bonchev–Trinajstić information content (AvgIpc) is 2.04. The molecule has 1 nitrogen and oxygen atoms in total. The predicted molar refractivity (Wildman–Crippen MR) is 66.7 cm³/mol. The monoisotopic (exact) mass is 424 g/mol. The Morgan fingerprint density at radius 2 is 1.77 bits per heavy atom. The predicted octanol–water partition coefficient (Wildman–Crippen LogP) is 3.15. The molecule has 13 heavy (non-hydrogen) atoms. The number of hydrogen-bond donors (Lipinski definition) is 0. The van der Waals surface area contributed by atoms with Crippen LogP contribution in [0.5, 0.6) is 5.75 Å². The van der Waals surface area contributed by atoms with Gasteiger partial charge in [-0.15, -0.1) is 0 Å². The number of ether oxygens (including phenoxy) is 1. The average molecular weight is 424 g/mol. The minimum atomic E-state index is -2.01. The second-order valence-corrected chi connectivity index (χ2v) is 31.3. The molecule has 0 heterocycles. The van der Waals surface area contributed by atoms with Gasteiger partial charge in [-0.2, -0.15) is 0 Å². The summed E-state index contributed by atoms with van der Waals surface area (Å²) in [5, 5.41) is 0. The SMILES string of the molecule is CCOc1ccc([Te](C)(Br)Br)cc1. The maximum absolute atomic E-state index is 5.36. The molecule has 0 N–H and O–H groups in total. The Labute approximate surface area is 95.3 Å². The zero-order valence-electron chi connectivity index (χ0n) is 7.59. The molecule has 0 saturated heterocycles. The third kappa shape index (κ3) is 3.79. The number of benzene rings is 1. The zero-order valence-corrected chi connectivity index (χ0v) is 13.1. The van der Waals surface area contributed by atoms with Crippen LogP contribution in [0.4, 0.5) is 0 Å². The first-order valence-corrected chi connectivity index (χ1v) is 17.9. The fraction of sp³-hybridized carbons (Fsp3) is 0.333. The Hall–Kier alpha value is 0.770. The summed E-state index contributed by atoms with van der Waals surface area (Å²) in [7, 11) is 0. The Morgan fingerprint density at radius 1 is 1.23 bits per heavy atom. The number of hydrogen-bond acceptors (Lipinski definition) is 1. The molecule has 0 atom stereocenters. The first-order valence-electron chi connectivity index (χ1n) is 3.94. The van der Waals surface area contributed by atoms with Gasteiger partial charge in [-0.1, -0.05) is 0 Å². The molecule has 1 aromatic rings. The molecule has 1 rings (SSSR count). The van der Waals surface area contributed by atoms with Gasteiger partial charge in [-0.25, -0.2) is 0 Å². The van der Waals surface area contributed by atoms with Crippen molar-refractivity contribution in [2.45, 2.75) is 11.9 Å². The van der Waals surface area contributed by atoms with E-state index in [1.54, 1.807) is 0 Å². The fourth-order valence-electron chi connectivity index (χ4n) is 0.941. The zero-order chi connectivity index (χ0) is 9.90. The molecule has 0 bridgehead atoms. The van der Waals surface area contributed by atoms with E-state index >= 15 is 0 Å². The van der Waals surface area contributed by atoms with Crippen LogP contribution in [-0.4, -0.2) is 20.4 Å². The fourth-order valence-corrected chi connectivity index (χ4v) is 5.59. The van der Waals surface area contributed by atoms with Gasteiger partial charge in [0.25, 0.3) is 0 Å². The van der Waals surface area contributed by atoms with Gasteiger partial charge >= 0.3 is 96.1 Å². The van der Waals surface area contributed by atoms with Crippen molar-refractivity contribution in [1.82, 2.24) is 0 Å². The van der Waals surface area contributed by atoms with E-state index in [2.05, 4.69) is 42.6 Å². The molecule has 74 valence electrons. The van der Waals surface area contributed by atoms with E-state index < -0.39 is 13.8 Å². The van der Waals surface area contributed by atoms with Crippen LogP contribution in [0.15, 0.2) is 24.3 Å². The second kappa shape index (κ2) is 5.02. The van der Waals surface area contributed by atoms with Gasteiger partial charge in [-0.3, -0.25) is 0 Å². The van der Waals surface area contributed by atoms with Gasteiger partial charge in [0.2, 0.25) is 0 Å². The summed E-state index contributed by atoms with van der Waals surface area (Å²) < 4.78 is 6.73. The topological polar surface area (TPSA) is 9.23 Å². The number of halogens is 2. The van der Waals surface area contributed by atoms with E-state index in [0.717, 1.165) is 12.4 Å². The Morgan fingerprint density at radius 3 is 2.15 bits per heavy atom. The van der Waals surface area contributed by atoms with Crippen LogP contribution >= 0.6 is 25.5 Å². The van der Waals surface area contributed by atoms with Gasteiger partial charge in [0.1, 0.15) is 0 Å². The van der Waals surface area contributed by atoms with Crippen molar-refractivity contribution in [2.24, 2.45) is 0 Å². The molecule has 0 fully saturated rings. The van der Waals surface area contributed by atoms with E-state index in [1.807, 2.05) is 19.1 Å². The summed E-state index contributed by atoms with van der Waals surface area (Å²) in [5.41, 5.74) is 0. The van der Waals surface area contributed by atoms with Crippen LogP contribution in [0.3, 0.4) is 0 Å². The molecule has 0 aliphatic heterocycles. The maximum atomic E-state index is 5.36. The standard InChI is InChI=1S/C9H12Br2OTe/c1-3-12-8-4-6-9(7-5-8)13(2,10)11/h4-7H,3H2,1-2H3. The first-order chi connectivity index (χ1) is 6.04. The third-order valence-electron chi connectivity index (χ3n) is 1.55. The summed E-state index contributed by atoms with van der Waals surface area (Å²) >= 11 is 5.42. The minimum absolute atomic E-state index is 0.723. The summed E-state index contributed by atoms with van der Waals surface area (Å²) in [5.74, 6) is 0.943. The molecule has 0 spiro atoms. The van der Waals surface area contributed by atoms with Gasteiger partial charge < -0.3 is 0 Å². The molecule has 4 heteroatoms. The van der Waals surface area contributed by atoms with Gasteiger partial charge in [0.15, 0.2) is 0 Å². The molecule has 0 radical (unpaired) electrons. The molecule has 0 aromatic heterocycles. The summed E-state index contributed by atoms with van der Waals surface area (Å²) in [6, 6.07) is 8.28. The van der Waals surface area contributed by atoms with Crippen molar-refractivity contribution in [3.8, 4) is 5.75 Å². The first kappa shape index (κ1) is 11.8. The third-order valence-corrected chi connectivity index (χ3v) is 9.70. The molecule has 0 saturated carbocycles. The van der Waals surface area contributed by atoms with Crippen molar-refractivity contribution in [3.63, 3.8) is 0 Å². The van der Waals surface area contributed by atoms with Crippen molar-refractivity contribution >= 4 is 42.9 Å². The van der Waals surface area contributed by atoms with E-state index in [4.69, 9.17) is 4.74 Å². The quantitative estimate of drug-likeness (QED) is 0.679. The van der Waals surface area contributed by atoms with E-state index in [0.29, 0.717) is 0 Å². The Balaban J connectivity index is 2.81. The molecular formula is C9H12Br2OTe. The van der Waals surface area contributed by atoms with Crippen LogP contribution < -0.4 is 8.35 Å². The summed E-state index contributed by atoms with van der Waals surface area (Å²) in [6.45, 7) is 2.71. The van der Waals surface area contributed by atoms with E-state index in [9.17, 15) is 0 Å². The van der Waals surface area contributed by atoms with Crippen molar-refractivity contribution in [2.75, 3.05) is 6.61 Å². The van der Waals surface area contributed by atoms with Crippen LogP contribution in [0.25, 0.3) is 0 Å². The van der Waals surface area contributed by atoms with E-state index in [-0.39, 0.29) is 0 Å². The molecule has 0 unspecified atom stereocenters. The van der Waals surface area contributed by atoms with Crippen molar-refractivity contribution in [3.05, 3.63) is 24.3 Å². The molecule has 0 amide bonds. The Bertz CT molecular complexity index is 266. The van der Waals surface area contributed by atoms with Gasteiger partial charge in [0, 0.05) is 0 Å². The van der Waals surface area contributed by atoms with Crippen LogP contribution in [0.1, 0.15) is 6.92 Å². The van der Waals surface area contributed by atoms with Crippen LogP contribution in [0.2, 0.25) is 4.97 Å². The van der Waals surface area contributed by atoms with Crippen LogP contribution in [-0.2, 0) is 0 Å². The van der Waals surface area contributed by atoms with Crippen LogP contribution in [0, 0.1) is 0 Å². The van der Waals surface area contributed by atoms with Crippen molar-refractivity contribution < 1.29 is 4.74 Å². The summed E-state index contributed by atoms with van der Waals surface area (Å²) in [4.78, 5) is 2.23. The van der Waals surface area contributed by atoms with Crippen molar-refractivity contribution in [1.29, 1.82) is 0 Å².